The number of benzene rings is 1. The van der Waals surface area contributed by atoms with Crippen molar-refractivity contribution in [3.05, 3.63) is 35.9 Å². The van der Waals surface area contributed by atoms with Crippen LogP contribution in [0.3, 0.4) is 0 Å². The van der Waals surface area contributed by atoms with Crippen molar-refractivity contribution in [3.8, 4) is 6.07 Å². The Bertz CT molecular complexity index is 473. The van der Waals surface area contributed by atoms with Crippen molar-refractivity contribution in [1.29, 1.82) is 5.26 Å². The Morgan fingerprint density at radius 2 is 1.95 bits per heavy atom. The highest BCUT2D eigenvalue weighted by molar-refractivity contribution is 5.31. The molecule has 1 unspecified atom stereocenters. The molecule has 1 saturated heterocycles. The summed E-state index contributed by atoms with van der Waals surface area (Å²) in [6.45, 7) is 3.92. The van der Waals surface area contributed by atoms with Crippen molar-refractivity contribution in [2.75, 3.05) is 40.3 Å². The van der Waals surface area contributed by atoms with E-state index in [0.717, 1.165) is 12.1 Å². The highest BCUT2D eigenvalue weighted by Crippen LogP contribution is 2.21. The molecule has 1 aliphatic rings. The van der Waals surface area contributed by atoms with Crippen molar-refractivity contribution >= 4 is 0 Å². The van der Waals surface area contributed by atoms with Crippen LogP contribution >= 0.6 is 0 Å². The molecule has 1 fully saturated rings. The number of likely N-dealkylation sites (tertiary alicyclic amines) is 1. The number of nitrogens with zero attached hydrogens (tertiary/aromatic N) is 3. The first-order chi connectivity index (χ1) is 10.0. The minimum atomic E-state index is -0.929. The molecule has 1 aliphatic heterocycles. The van der Waals surface area contributed by atoms with Crippen molar-refractivity contribution in [1.82, 2.24) is 9.80 Å². The van der Waals surface area contributed by atoms with Gasteiger partial charge in [-0.15, -0.1) is 0 Å². The first-order valence-corrected chi connectivity index (χ1v) is 7.66. The molecule has 1 atom stereocenters. The van der Waals surface area contributed by atoms with Gasteiger partial charge in [0.2, 0.25) is 0 Å². The van der Waals surface area contributed by atoms with E-state index in [1.54, 1.807) is 0 Å². The summed E-state index contributed by atoms with van der Waals surface area (Å²) in [5, 5.41) is 9.52. The van der Waals surface area contributed by atoms with E-state index in [9.17, 15) is 5.26 Å². The fourth-order valence-corrected chi connectivity index (χ4v) is 3.10. The molecule has 0 amide bonds. The van der Waals surface area contributed by atoms with Crippen LogP contribution in [-0.4, -0.2) is 50.1 Å². The molecule has 4 nitrogen and oxygen atoms in total. The van der Waals surface area contributed by atoms with Gasteiger partial charge in [0, 0.05) is 13.1 Å². The monoisotopic (exact) mass is 286 g/mol. The van der Waals surface area contributed by atoms with Crippen LogP contribution in [0, 0.1) is 17.2 Å². The van der Waals surface area contributed by atoms with Crippen LogP contribution in [0.4, 0.5) is 0 Å². The Morgan fingerprint density at radius 3 is 2.52 bits per heavy atom. The maximum atomic E-state index is 9.52. The van der Waals surface area contributed by atoms with Crippen LogP contribution in [-0.2, 0) is 5.54 Å². The molecule has 1 aromatic rings. The lowest BCUT2D eigenvalue weighted by atomic mass is 9.91. The number of hydrogen-bond donors (Lipinski definition) is 1. The van der Waals surface area contributed by atoms with Gasteiger partial charge in [-0.2, -0.15) is 5.26 Å². The van der Waals surface area contributed by atoms with Crippen LogP contribution in [0.25, 0.3) is 0 Å². The Hall–Kier alpha value is -1.41. The molecule has 2 rings (SSSR count). The molecule has 114 valence electrons. The van der Waals surface area contributed by atoms with E-state index in [1.807, 2.05) is 30.3 Å². The quantitative estimate of drug-likeness (QED) is 0.894. The highest BCUT2D eigenvalue weighted by Gasteiger charge is 2.29. The molecule has 0 bridgehead atoms. The summed E-state index contributed by atoms with van der Waals surface area (Å²) in [4.78, 5) is 4.59. The number of rotatable bonds is 5. The zero-order valence-electron chi connectivity index (χ0n) is 13.1. The third-order valence-electron chi connectivity index (χ3n) is 4.42. The van der Waals surface area contributed by atoms with Crippen LogP contribution in [0.5, 0.6) is 0 Å². The Morgan fingerprint density at radius 1 is 1.33 bits per heavy atom. The molecule has 1 heterocycles. The maximum Gasteiger partial charge on any atom is 0.142 e. The van der Waals surface area contributed by atoms with Crippen molar-refractivity contribution in [3.63, 3.8) is 0 Å². The van der Waals surface area contributed by atoms with Gasteiger partial charge in [-0.3, -0.25) is 0 Å². The van der Waals surface area contributed by atoms with Gasteiger partial charge in [0.15, 0.2) is 0 Å². The van der Waals surface area contributed by atoms with E-state index < -0.39 is 5.54 Å². The lowest BCUT2D eigenvalue weighted by Crippen LogP contribution is -2.47. The molecular weight excluding hydrogens is 260 g/mol. The zero-order chi connectivity index (χ0) is 15.3. The second-order valence-corrected chi connectivity index (χ2v) is 6.39. The number of nitriles is 1. The maximum absolute atomic E-state index is 9.52. The van der Waals surface area contributed by atoms with Gasteiger partial charge in [-0.05, 0) is 51.5 Å². The Balaban J connectivity index is 1.94. The van der Waals surface area contributed by atoms with Crippen LogP contribution in [0.1, 0.15) is 18.4 Å². The predicted molar refractivity (Wildman–Crippen MR) is 85.6 cm³/mol. The molecule has 4 heteroatoms. The zero-order valence-corrected chi connectivity index (χ0v) is 13.1. The third kappa shape index (κ3) is 4.28. The number of nitrogens with two attached hydrogens (primary N) is 1. The lowest BCUT2D eigenvalue weighted by molar-refractivity contribution is 0.166. The van der Waals surface area contributed by atoms with E-state index >= 15 is 0 Å². The van der Waals surface area contributed by atoms with Gasteiger partial charge in [-0.1, -0.05) is 30.3 Å². The van der Waals surface area contributed by atoms with E-state index in [2.05, 4.69) is 30.0 Å². The average Bonchev–Trinajstić information content (AvgIpc) is 2.50. The largest absolute Gasteiger partial charge is 0.309 e. The van der Waals surface area contributed by atoms with Crippen molar-refractivity contribution < 1.29 is 0 Å². The number of likely N-dealkylation sites (N-methyl/N-ethyl adjacent to an activating group) is 1. The Kier molecular flexibility index (Phi) is 5.35. The fraction of sp³-hybridized carbons (Fsp3) is 0.588. The summed E-state index contributed by atoms with van der Waals surface area (Å²) in [5.41, 5.74) is 6.30. The predicted octanol–water partition coefficient (Wildman–Crippen LogP) is 1.64. The van der Waals surface area contributed by atoms with Crippen LogP contribution in [0.2, 0.25) is 0 Å². The van der Waals surface area contributed by atoms with Crippen LogP contribution in [0.15, 0.2) is 30.3 Å². The first kappa shape index (κ1) is 16.0. The van der Waals surface area contributed by atoms with E-state index in [1.165, 1.54) is 25.9 Å². The molecule has 0 radical (unpaired) electrons. The highest BCUT2D eigenvalue weighted by atomic mass is 15.1. The Labute approximate surface area is 128 Å². The van der Waals surface area contributed by atoms with Gasteiger partial charge in [0.25, 0.3) is 0 Å². The summed E-state index contributed by atoms with van der Waals surface area (Å²) in [6, 6.07) is 12.0. The normalized spacial score (nSPS) is 20.1. The molecular formula is C17H26N4. The minimum Gasteiger partial charge on any atom is -0.309 e. The molecule has 1 aromatic carbocycles. The summed E-state index contributed by atoms with van der Waals surface area (Å²) >= 11 is 0. The minimum absolute atomic E-state index is 0.569. The molecule has 2 N–H and O–H groups in total. The smallest absolute Gasteiger partial charge is 0.142 e. The van der Waals surface area contributed by atoms with Gasteiger partial charge >= 0.3 is 0 Å². The summed E-state index contributed by atoms with van der Waals surface area (Å²) in [6.07, 6.45) is 2.46. The molecule has 0 aliphatic carbocycles. The molecule has 0 saturated carbocycles. The van der Waals surface area contributed by atoms with Crippen molar-refractivity contribution in [2.24, 2.45) is 11.7 Å². The lowest BCUT2D eigenvalue weighted by Gasteiger charge is -2.34. The summed E-state index contributed by atoms with van der Waals surface area (Å²) in [5.74, 6) is 0.713. The van der Waals surface area contributed by atoms with Gasteiger partial charge < -0.3 is 15.5 Å². The van der Waals surface area contributed by atoms with Crippen LogP contribution < -0.4 is 5.73 Å². The summed E-state index contributed by atoms with van der Waals surface area (Å²) < 4.78 is 0. The van der Waals surface area contributed by atoms with E-state index in [0.29, 0.717) is 12.5 Å². The molecule has 21 heavy (non-hydrogen) atoms. The van der Waals surface area contributed by atoms with Gasteiger partial charge in [-0.25, -0.2) is 0 Å². The summed E-state index contributed by atoms with van der Waals surface area (Å²) in [7, 11) is 4.25. The second kappa shape index (κ2) is 7.04. The fourth-order valence-electron chi connectivity index (χ4n) is 3.10. The molecule has 0 spiro atoms. The first-order valence-electron chi connectivity index (χ1n) is 7.66. The van der Waals surface area contributed by atoms with Gasteiger partial charge in [0.1, 0.15) is 5.54 Å². The van der Waals surface area contributed by atoms with E-state index in [4.69, 9.17) is 5.73 Å². The van der Waals surface area contributed by atoms with E-state index in [-0.39, 0.29) is 0 Å². The van der Waals surface area contributed by atoms with Gasteiger partial charge in [0.05, 0.1) is 6.07 Å². The molecule has 0 aromatic heterocycles. The average molecular weight is 286 g/mol. The number of hydrogen-bond acceptors (Lipinski definition) is 4. The SMILES string of the molecule is CN1CCC(CN(C)CC(N)(C#N)c2ccccc2)CC1. The second-order valence-electron chi connectivity index (χ2n) is 6.39. The standard InChI is InChI=1S/C17H26N4/c1-20-10-8-15(9-11-20)12-21(2)14-17(19,13-18)16-6-4-3-5-7-16/h3-7,15H,8-12,14,19H2,1-2H3. The third-order valence-corrected chi connectivity index (χ3v) is 4.42. The number of piperidine rings is 1. The topological polar surface area (TPSA) is 56.3 Å². The van der Waals surface area contributed by atoms with Crippen molar-refractivity contribution in [2.45, 2.75) is 18.4 Å².